The fraction of sp³-hybridized carbons (Fsp3) is 0.143. The molecule has 0 radical (unpaired) electrons. The first-order chi connectivity index (χ1) is 9.11. The zero-order chi connectivity index (χ0) is 13.8. The van der Waals surface area contributed by atoms with Crippen LogP contribution >= 0.6 is 27.5 Å². The van der Waals surface area contributed by atoms with Gasteiger partial charge < -0.3 is 10.4 Å². The Bertz CT molecular complexity index is 579. The van der Waals surface area contributed by atoms with Crippen LogP contribution in [-0.2, 0) is 0 Å². The van der Waals surface area contributed by atoms with Crippen molar-refractivity contribution in [2.45, 2.75) is 6.04 Å². The third-order valence-corrected chi connectivity index (χ3v) is 3.54. The smallest absolute Gasteiger partial charge is 0.128 e. The second-order valence-electron chi connectivity index (χ2n) is 4.03. The van der Waals surface area contributed by atoms with Gasteiger partial charge in [0.25, 0.3) is 0 Å². The lowest BCUT2D eigenvalue weighted by Crippen LogP contribution is -2.16. The maximum Gasteiger partial charge on any atom is 0.128 e. The van der Waals surface area contributed by atoms with Crippen LogP contribution in [0.3, 0.4) is 0 Å². The lowest BCUT2D eigenvalue weighted by molar-refractivity contribution is 0.274. The van der Waals surface area contributed by atoms with Crippen LogP contribution < -0.4 is 5.32 Å². The van der Waals surface area contributed by atoms with E-state index in [1.165, 1.54) is 6.07 Å². The molecule has 0 aliphatic carbocycles. The molecular formula is C14H12BrClFNO. The molecule has 0 aliphatic rings. The summed E-state index contributed by atoms with van der Waals surface area (Å²) in [6, 6.07) is 11.2. The molecule has 2 aromatic rings. The van der Waals surface area contributed by atoms with Crippen LogP contribution in [0.4, 0.5) is 10.1 Å². The first kappa shape index (κ1) is 14.3. The molecular weight excluding hydrogens is 333 g/mol. The van der Waals surface area contributed by atoms with Crippen LogP contribution in [0.5, 0.6) is 0 Å². The molecule has 0 amide bonds. The first-order valence-electron chi connectivity index (χ1n) is 5.68. The maximum atomic E-state index is 13.8. The van der Waals surface area contributed by atoms with Gasteiger partial charge in [0, 0.05) is 10.0 Å². The van der Waals surface area contributed by atoms with Gasteiger partial charge in [-0.3, -0.25) is 0 Å². The van der Waals surface area contributed by atoms with E-state index >= 15 is 0 Å². The quantitative estimate of drug-likeness (QED) is 0.862. The summed E-state index contributed by atoms with van der Waals surface area (Å²) in [4.78, 5) is 0. The van der Waals surface area contributed by atoms with Crippen molar-refractivity contribution in [1.82, 2.24) is 0 Å². The number of hydrogen-bond acceptors (Lipinski definition) is 2. The first-order valence-corrected chi connectivity index (χ1v) is 6.86. The highest BCUT2D eigenvalue weighted by atomic mass is 79.9. The van der Waals surface area contributed by atoms with Crippen molar-refractivity contribution in [2.24, 2.45) is 0 Å². The summed E-state index contributed by atoms with van der Waals surface area (Å²) in [7, 11) is 0. The largest absolute Gasteiger partial charge is 0.394 e. The molecule has 0 bridgehead atoms. The molecule has 0 saturated heterocycles. The number of anilines is 1. The minimum absolute atomic E-state index is 0.238. The van der Waals surface area contributed by atoms with E-state index in [2.05, 4.69) is 21.2 Å². The summed E-state index contributed by atoms with van der Waals surface area (Å²) in [6.45, 7) is -0.238. The standard InChI is InChI=1S/C14H12BrClFNO/c15-9-5-6-12(17)10(7-9)14(8-19)18-13-4-2-1-3-11(13)16/h1-7,14,18-19H,8H2. The van der Waals surface area contributed by atoms with Gasteiger partial charge in [0.2, 0.25) is 0 Å². The van der Waals surface area contributed by atoms with Crippen LogP contribution in [0.25, 0.3) is 0 Å². The Labute approximate surface area is 124 Å². The summed E-state index contributed by atoms with van der Waals surface area (Å²) in [5.74, 6) is -0.373. The lowest BCUT2D eigenvalue weighted by Gasteiger charge is -2.19. The van der Waals surface area contributed by atoms with Gasteiger partial charge in [-0.15, -0.1) is 0 Å². The van der Waals surface area contributed by atoms with Crippen molar-refractivity contribution < 1.29 is 9.50 Å². The van der Waals surface area contributed by atoms with Gasteiger partial charge in [0.05, 0.1) is 23.4 Å². The van der Waals surface area contributed by atoms with Crippen molar-refractivity contribution in [3.63, 3.8) is 0 Å². The summed E-state index contributed by atoms with van der Waals surface area (Å²) in [5, 5.41) is 13.0. The highest BCUT2D eigenvalue weighted by molar-refractivity contribution is 9.10. The Balaban J connectivity index is 2.30. The van der Waals surface area contributed by atoms with E-state index in [0.29, 0.717) is 16.3 Å². The number of aliphatic hydroxyl groups excluding tert-OH is 1. The lowest BCUT2D eigenvalue weighted by atomic mass is 10.1. The van der Waals surface area contributed by atoms with Gasteiger partial charge in [-0.05, 0) is 30.3 Å². The molecule has 1 unspecified atom stereocenters. The molecule has 0 spiro atoms. The molecule has 0 heterocycles. The number of hydrogen-bond donors (Lipinski definition) is 2. The third kappa shape index (κ3) is 3.47. The maximum absolute atomic E-state index is 13.8. The molecule has 5 heteroatoms. The molecule has 0 saturated carbocycles. The number of rotatable bonds is 4. The van der Waals surface area contributed by atoms with E-state index in [0.717, 1.165) is 4.47 Å². The van der Waals surface area contributed by atoms with E-state index in [9.17, 15) is 9.50 Å². The molecule has 19 heavy (non-hydrogen) atoms. The van der Waals surface area contributed by atoms with Gasteiger partial charge in [0.15, 0.2) is 0 Å². The Morgan fingerprint density at radius 1 is 1.26 bits per heavy atom. The Hall–Kier alpha value is -1.10. The monoisotopic (exact) mass is 343 g/mol. The molecule has 2 nitrogen and oxygen atoms in total. The number of halogens is 3. The van der Waals surface area contributed by atoms with E-state index in [1.54, 1.807) is 30.3 Å². The third-order valence-electron chi connectivity index (χ3n) is 2.72. The van der Waals surface area contributed by atoms with Gasteiger partial charge in [-0.25, -0.2) is 4.39 Å². The minimum Gasteiger partial charge on any atom is -0.394 e. The molecule has 0 aliphatic heterocycles. The normalized spacial score (nSPS) is 12.2. The SMILES string of the molecule is OCC(Nc1ccccc1Cl)c1cc(Br)ccc1F. The van der Waals surface area contributed by atoms with Crippen LogP contribution in [0.2, 0.25) is 5.02 Å². The van der Waals surface area contributed by atoms with Crippen molar-refractivity contribution in [3.8, 4) is 0 Å². The summed E-state index contributed by atoms with van der Waals surface area (Å²) in [6.07, 6.45) is 0. The summed E-state index contributed by atoms with van der Waals surface area (Å²) >= 11 is 9.33. The van der Waals surface area contributed by atoms with Crippen molar-refractivity contribution in [1.29, 1.82) is 0 Å². The predicted molar refractivity (Wildman–Crippen MR) is 79.0 cm³/mol. The van der Waals surface area contributed by atoms with Crippen LogP contribution in [-0.4, -0.2) is 11.7 Å². The highest BCUT2D eigenvalue weighted by Crippen LogP contribution is 2.28. The Kier molecular flexibility index (Phi) is 4.80. The highest BCUT2D eigenvalue weighted by Gasteiger charge is 2.16. The minimum atomic E-state index is -0.558. The zero-order valence-electron chi connectivity index (χ0n) is 9.91. The average molecular weight is 345 g/mol. The van der Waals surface area contributed by atoms with Crippen molar-refractivity contribution in [3.05, 3.63) is 63.3 Å². The average Bonchev–Trinajstić information content (AvgIpc) is 2.41. The Morgan fingerprint density at radius 2 is 2.00 bits per heavy atom. The summed E-state index contributed by atoms with van der Waals surface area (Å²) in [5.41, 5.74) is 1.04. The van der Waals surface area contributed by atoms with Gasteiger partial charge in [-0.2, -0.15) is 0 Å². The predicted octanol–water partition coefficient (Wildman–Crippen LogP) is 4.39. The Morgan fingerprint density at radius 3 is 2.68 bits per heavy atom. The van der Waals surface area contributed by atoms with Crippen LogP contribution in [0, 0.1) is 5.82 Å². The number of aliphatic hydroxyl groups is 1. The molecule has 2 aromatic carbocycles. The second-order valence-corrected chi connectivity index (χ2v) is 5.35. The van der Waals surface area contributed by atoms with Gasteiger partial charge in [0.1, 0.15) is 5.82 Å². The number of benzene rings is 2. The fourth-order valence-corrected chi connectivity index (χ4v) is 2.34. The van der Waals surface area contributed by atoms with E-state index in [1.807, 2.05) is 6.07 Å². The van der Waals surface area contributed by atoms with E-state index in [-0.39, 0.29) is 12.4 Å². The topological polar surface area (TPSA) is 32.3 Å². The van der Waals surface area contributed by atoms with Gasteiger partial charge in [-0.1, -0.05) is 39.7 Å². The summed E-state index contributed by atoms with van der Waals surface area (Å²) < 4.78 is 14.6. The molecule has 2 rings (SSSR count). The molecule has 1 atom stereocenters. The number of nitrogens with one attached hydrogen (secondary N) is 1. The van der Waals surface area contributed by atoms with Crippen LogP contribution in [0.1, 0.15) is 11.6 Å². The molecule has 2 N–H and O–H groups in total. The zero-order valence-corrected chi connectivity index (χ0v) is 12.2. The fourth-order valence-electron chi connectivity index (χ4n) is 1.77. The second kappa shape index (κ2) is 6.37. The van der Waals surface area contributed by atoms with Crippen LogP contribution in [0.15, 0.2) is 46.9 Å². The van der Waals surface area contributed by atoms with E-state index < -0.39 is 6.04 Å². The van der Waals surface area contributed by atoms with Gasteiger partial charge >= 0.3 is 0 Å². The van der Waals surface area contributed by atoms with E-state index in [4.69, 9.17) is 11.6 Å². The number of para-hydroxylation sites is 1. The molecule has 0 fully saturated rings. The molecule has 100 valence electrons. The molecule has 0 aromatic heterocycles. The van der Waals surface area contributed by atoms with Crippen molar-refractivity contribution >= 4 is 33.2 Å². The van der Waals surface area contributed by atoms with Crippen molar-refractivity contribution in [2.75, 3.05) is 11.9 Å².